The number of aryl methyl sites for hydroxylation is 1. The van der Waals surface area contributed by atoms with E-state index >= 15 is 0 Å². The van der Waals surface area contributed by atoms with Crippen LogP contribution in [0, 0.1) is 19.3 Å². The number of nitrogen functional groups attached to an aromatic ring is 1. The minimum absolute atomic E-state index is 0.734. The van der Waals surface area contributed by atoms with E-state index in [1.54, 1.807) is 13.1 Å². The zero-order valence-corrected chi connectivity index (χ0v) is 12.9. The maximum absolute atomic E-state index is 5.97. The maximum atomic E-state index is 5.97. The molecule has 0 unspecified atom stereocenters. The fraction of sp³-hybridized carbons (Fsp3) is 0.211. The van der Waals surface area contributed by atoms with E-state index in [-0.39, 0.29) is 0 Å². The summed E-state index contributed by atoms with van der Waals surface area (Å²) in [7, 11) is 0. The zero-order valence-electron chi connectivity index (χ0n) is 12.9. The molecule has 0 atom stereocenters. The average Bonchev–Trinajstić information content (AvgIpc) is 2.45. The monoisotopic (exact) mass is 278 g/mol. The number of nitrogens with two attached hydrogens (primary N) is 1. The third-order valence-electron chi connectivity index (χ3n) is 2.89. The Kier molecular flexibility index (Phi) is 6.77. The van der Waals surface area contributed by atoms with Gasteiger partial charge in [0.2, 0.25) is 0 Å². The van der Waals surface area contributed by atoms with Crippen LogP contribution in [-0.4, -0.2) is 6.21 Å². The molecule has 0 saturated carbocycles. The molecule has 0 aliphatic carbocycles. The Balaban J connectivity index is 0.000000677. The van der Waals surface area contributed by atoms with Crippen molar-refractivity contribution in [3.63, 3.8) is 0 Å². The first-order chi connectivity index (χ1) is 10.1. The van der Waals surface area contributed by atoms with Crippen LogP contribution >= 0.6 is 0 Å². The van der Waals surface area contributed by atoms with E-state index in [0.717, 1.165) is 17.8 Å². The third-order valence-corrected chi connectivity index (χ3v) is 2.89. The lowest BCUT2D eigenvalue weighted by Crippen LogP contribution is -1.92. The van der Waals surface area contributed by atoms with Gasteiger partial charge in [0.1, 0.15) is 0 Å². The SMILES string of the molecule is C#CC.CC=Nc1ccc(Cc2ccc(C)cc2)cc1N. The summed E-state index contributed by atoms with van der Waals surface area (Å²) >= 11 is 0. The van der Waals surface area contributed by atoms with E-state index in [4.69, 9.17) is 5.73 Å². The topological polar surface area (TPSA) is 38.4 Å². The second-order valence-electron chi connectivity index (χ2n) is 4.73. The highest BCUT2D eigenvalue weighted by molar-refractivity contribution is 5.70. The molecular formula is C19H22N2. The molecule has 0 saturated heterocycles. The molecule has 2 N–H and O–H groups in total. The molecular weight excluding hydrogens is 256 g/mol. The highest BCUT2D eigenvalue weighted by atomic mass is 14.8. The molecule has 0 aromatic heterocycles. The van der Waals surface area contributed by atoms with Crippen molar-refractivity contribution in [1.29, 1.82) is 0 Å². The van der Waals surface area contributed by atoms with Crippen LogP contribution in [0.5, 0.6) is 0 Å². The predicted molar refractivity (Wildman–Crippen MR) is 93.2 cm³/mol. The minimum atomic E-state index is 0.734. The summed E-state index contributed by atoms with van der Waals surface area (Å²) in [4.78, 5) is 4.22. The summed E-state index contributed by atoms with van der Waals surface area (Å²) in [5.41, 5.74) is 11.3. The number of terminal acetylenes is 1. The maximum Gasteiger partial charge on any atom is 0.0855 e. The number of hydrogen-bond acceptors (Lipinski definition) is 2. The van der Waals surface area contributed by atoms with Crippen molar-refractivity contribution in [3.8, 4) is 12.3 Å². The smallest absolute Gasteiger partial charge is 0.0855 e. The van der Waals surface area contributed by atoms with Gasteiger partial charge in [0.15, 0.2) is 0 Å². The molecule has 0 heterocycles. The highest BCUT2D eigenvalue weighted by Crippen LogP contribution is 2.24. The van der Waals surface area contributed by atoms with E-state index in [1.807, 2.05) is 19.1 Å². The Hall–Kier alpha value is -2.53. The van der Waals surface area contributed by atoms with Crippen LogP contribution in [0.1, 0.15) is 30.5 Å². The van der Waals surface area contributed by atoms with E-state index in [0.29, 0.717) is 0 Å². The second kappa shape index (κ2) is 8.60. The van der Waals surface area contributed by atoms with E-state index in [9.17, 15) is 0 Å². The standard InChI is InChI=1S/C16H18N2.C3H4/c1-3-18-16-9-8-14(11-15(16)17)10-13-6-4-12(2)5-7-13;1-3-2/h3-9,11H,10,17H2,1-2H3;1H,2H3. The lowest BCUT2D eigenvalue weighted by atomic mass is 10.0. The number of anilines is 1. The first-order valence-corrected chi connectivity index (χ1v) is 6.90. The molecule has 0 aliphatic rings. The molecule has 0 amide bonds. The van der Waals surface area contributed by atoms with Gasteiger partial charge in [0.25, 0.3) is 0 Å². The summed E-state index contributed by atoms with van der Waals surface area (Å²) in [6.45, 7) is 5.64. The molecule has 21 heavy (non-hydrogen) atoms. The summed E-state index contributed by atoms with van der Waals surface area (Å²) in [6.07, 6.45) is 7.26. The minimum Gasteiger partial charge on any atom is -0.397 e. The summed E-state index contributed by atoms with van der Waals surface area (Å²) < 4.78 is 0. The first kappa shape index (κ1) is 16.5. The van der Waals surface area contributed by atoms with Gasteiger partial charge in [-0.2, -0.15) is 0 Å². The van der Waals surface area contributed by atoms with Crippen LogP contribution in [0.3, 0.4) is 0 Å². The average molecular weight is 278 g/mol. The van der Waals surface area contributed by atoms with Crippen molar-refractivity contribution in [2.45, 2.75) is 27.2 Å². The van der Waals surface area contributed by atoms with Gasteiger partial charge in [-0.05, 0) is 50.5 Å². The number of hydrogen-bond donors (Lipinski definition) is 1. The predicted octanol–water partition coefficient (Wildman–Crippen LogP) is 4.53. The third kappa shape index (κ3) is 5.54. The first-order valence-electron chi connectivity index (χ1n) is 6.90. The molecule has 2 aromatic rings. The number of rotatable bonds is 3. The molecule has 0 fully saturated rings. The molecule has 0 radical (unpaired) electrons. The van der Waals surface area contributed by atoms with Gasteiger partial charge in [0, 0.05) is 6.21 Å². The van der Waals surface area contributed by atoms with Gasteiger partial charge in [-0.15, -0.1) is 12.3 Å². The lowest BCUT2D eigenvalue weighted by Gasteiger charge is -2.06. The molecule has 0 bridgehead atoms. The van der Waals surface area contributed by atoms with Gasteiger partial charge in [0.05, 0.1) is 11.4 Å². The van der Waals surface area contributed by atoms with Crippen LogP contribution in [0.15, 0.2) is 47.5 Å². The van der Waals surface area contributed by atoms with Gasteiger partial charge in [-0.25, -0.2) is 0 Å². The number of aliphatic imine (C=N–C) groups is 1. The molecule has 108 valence electrons. The largest absolute Gasteiger partial charge is 0.397 e. The van der Waals surface area contributed by atoms with Gasteiger partial charge >= 0.3 is 0 Å². The second-order valence-corrected chi connectivity index (χ2v) is 4.73. The molecule has 2 nitrogen and oxygen atoms in total. The van der Waals surface area contributed by atoms with E-state index < -0.39 is 0 Å². The van der Waals surface area contributed by atoms with Crippen molar-refractivity contribution in [2.24, 2.45) is 4.99 Å². The Morgan fingerprint density at radius 2 is 1.71 bits per heavy atom. The van der Waals surface area contributed by atoms with E-state index in [1.165, 1.54) is 16.7 Å². The summed E-state index contributed by atoms with van der Waals surface area (Å²) in [5.74, 6) is 2.25. The number of benzene rings is 2. The van der Waals surface area contributed by atoms with E-state index in [2.05, 4.69) is 54.6 Å². The number of nitrogens with zero attached hydrogens (tertiary/aromatic N) is 1. The van der Waals surface area contributed by atoms with Crippen LogP contribution in [-0.2, 0) is 6.42 Å². The Labute approximate surface area is 127 Å². The summed E-state index contributed by atoms with van der Waals surface area (Å²) in [6, 6.07) is 14.6. The van der Waals surface area contributed by atoms with Gasteiger partial charge in [-0.1, -0.05) is 35.9 Å². The fourth-order valence-corrected chi connectivity index (χ4v) is 1.91. The van der Waals surface area contributed by atoms with Crippen molar-refractivity contribution in [2.75, 3.05) is 5.73 Å². The summed E-state index contributed by atoms with van der Waals surface area (Å²) in [5, 5.41) is 0. The van der Waals surface area contributed by atoms with Crippen molar-refractivity contribution < 1.29 is 0 Å². The lowest BCUT2D eigenvalue weighted by molar-refractivity contribution is 1.19. The molecule has 0 aliphatic heterocycles. The highest BCUT2D eigenvalue weighted by Gasteiger charge is 2.00. The Morgan fingerprint density at radius 3 is 2.24 bits per heavy atom. The fourth-order valence-electron chi connectivity index (χ4n) is 1.91. The van der Waals surface area contributed by atoms with Crippen LogP contribution < -0.4 is 5.73 Å². The molecule has 2 rings (SSSR count). The zero-order chi connectivity index (χ0) is 15.7. The van der Waals surface area contributed by atoms with Crippen LogP contribution in [0.2, 0.25) is 0 Å². The van der Waals surface area contributed by atoms with Crippen LogP contribution in [0.25, 0.3) is 0 Å². The molecule has 2 aromatic carbocycles. The molecule has 2 heteroatoms. The normalized spacial score (nSPS) is 9.81. The van der Waals surface area contributed by atoms with Gasteiger partial charge < -0.3 is 5.73 Å². The van der Waals surface area contributed by atoms with Crippen LogP contribution in [0.4, 0.5) is 11.4 Å². The Morgan fingerprint density at radius 1 is 1.14 bits per heavy atom. The van der Waals surface area contributed by atoms with Gasteiger partial charge in [-0.3, -0.25) is 4.99 Å². The van der Waals surface area contributed by atoms with Crippen molar-refractivity contribution >= 4 is 17.6 Å². The van der Waals surface area contributed by atoms with Crippen molar-refractivity contribution in [1.82, 2.24) is 0 Å². The quantitative estimate of drug-likeness (QED) is 0.500. The van der Waals surface area contributed by atoms with Crippen molar-refractivity contribution in [3.05, 3.63) is 59.2 Å². The molecule has 0 spiro atoms. The Bertz CT molecular complexity index is 632.